The molecule has 0 aliphatic rings. The number of benzene rings is 2. The first kappa shape index (κ1) is 16.0. The van der Waals surface area contributed by atoms with Crippen LogP contribution < -0.4 is 5.32 Å². The fourth-order valence-corrected chi connectivity index (χ4v) is 4.36. The summed E-state index contributed by atoms with van der Waals surface area (Å²) in [6, 6.07) is 12.5. The van der Waals surface area contributed by atoms with E-state index in [1.807, 2.05) is 12.1 Å². The van der Waals surface area contributed by atoms with Crippen LogP contribution in [0.5, 0.6) is 0 Å². The summed E-state index contributed by atoms with van der Waals surface area (Å²) in [4.78, 5) is 0. The van der Waals surface area contributed by atoms with E-state index in [-0.39, 0.29) is 0 Å². The Morgan fingerprint density at radius 3 is 2.05 bits per heavy atom. The fraction of sp³-hybridized carbons (Fsp3) is 0.200. The Bertz CT molecular complexity index is 561. The molecule has 0 aliphatic heterocycles. The van der Waals surface area contributed by atoms with E-state index in [2.05, 4.69) is 77.4 Å². The van der Waals surface area contributed by atoms with Crippen LogP contribution in [0, 0.1) is 0 Å². The standard InChI is InChI=1S/C15H14Br3NO/c1-20-9-11-4-2-10(3-5-11)8-19-15-13(17)6-12(16)7-14(15)18/h2-7,19H,8-9H2,1H3. The van der Waals surface area contributed by atoms with Crippen LogP contribution in [0.2, 0.25) is 0 Å². The summed E-state index contributed by atoms with van der Waals surface area (Å²) in [6.07, 6.45) is 0. The molecule has 20 heavy (non-hydrogen) atoms. The molecule has 0 aromatic heterocycles. The van der Waals surface area contributed by atoms with Crippen LogP contribution in [-0.2, 0) is 17.9 Å². The average molecular weight is 464 g/mol. The molecule has 1 N–H and O–H groups in total. The average Bonchev–Trinajstić information content (AvgIpc) is 2.39. The molecule has 106 valence electrons. The molecule has 0 bridgehead atoms. The Hall–Kier alpha value is -0.360. The van der Waals surface area contributed by atoms with E-state index in [0.717, 1.165) is 25.7 Å². The van der Waals surface area contributed by atoms with Crippen molar-refractivity contribution in [1.82, 2.24) is 0 Å². The van der Waals surface area contributed by atoms with Crippen LogP contribution in [0.4, 0.5) is 5.69 Å². The Balaban J connectivity index is 2.05. The number of ether oxygens (including phenoxy) is 1. The third-order valence-electron chi connectivity index (χ3n) is 2.81. The van der Waals surface area contributed by atoms with E-state index in [9.17, 15) is 0 Å². The molecular formula is C15H14Br3NO. The lowest BCUT2D eigenvalue weighted by atomic mass is 10.1. The largest absolute Gasteiger partial charge is 0.380 e. The lowest BCUT2D eigenvalue weighted by Crippen LogP contribution is -2.01. The topological polar surface area (TPSA) is 21.3 Å². The molecular weight excluding hydrogens is 450 g/mol. The molecule has 2 aromatic rings. The summed E-state index contributed by atoms with van der Waals surface area (Å²) in [5.74, 6) is 0. The molecule has 0 atom stereocenters. The maximum atomic E-state index is 5.11. The molecule has 0 saturated carbocycles. The van der Waals surface area contributed by atoms with Gasteiger partial charge in [-0.05, 0) is 55.1 Å². The van der Waals surface area contributed by atoms with Crippen molar-refractivity contribution in [3.8, 4) is 0 Å². The number of anilines is 1. The van der Waals surface area contributed by atoms with Crippen LogP contribution >= 0.6 is 47.8 Å². The molecule has 0 saturated heterocycles. The van der Waals surface area contributed by atoms with Crippen molar-refractivity contribution < 1.29 is 4.74 Å². The van der Waals surface area contributed by atoms with E-state index in [4.69, 9.17) is 4.74 Å². The molecule has 0 spiro atoms. The highest BCUT2D eigenvalue weighted by Crippen LogP contribution is 2.34. The number of rotatable bonds is 5. The Labute approximate surface area is 144 Å². The van der Waals surface area contributed by atoms with Crippen LogP contribution in [0.3, 0.4) is 0 Å². The summed E-state index contributed by atoms with van der Waals surface area (Å²) in [7, 11) is 1.71. The van der Waals surface area contributed by atoms with Crippen LogP contribution in [0.15, 0.2) is 49.8 Å². The molecule has 2 aromatic carbocycles. The van der Waals surface area contributed by atoms with E-state index >= 15 is 0 Å². The highest BCUT2D eigenvalue weighted by atomic mass is 79.9. The summed E-state index contributed by atoms with van der Waals surface area (Å²) < 4.78 is 8.19. The molecule has 0 radical (unpaired) electrons. The van der Waals surface area contributed by atoms with Crippen LogP contribution in [0.1, 0.15) is 11.1 Å². The van der Waals surface area contributed by atoms with Gasteiger partial charge in [0.1, 0.15) is 0 Å². The van der Waals surface area contributed by atoms with Gasteiger partial charge >= 0.3 is 0 Å². The molecule has 0 aliphatic carbocycles. The van der Waals surface area contributed by atoms with Gasteiger partial charge in [-0.15, -0.1) is 0 Å². The summed E-state index contributed by atoms with van der Waals surface area (Å²) in [5.41, 5.74) is 3.46. The van der Waals surface area contributed by atoms with Gasteiger partial charge in [0, 0.05) is 27.1 Å². The SMILES string of the molecule is COCc1ccc(CNc2c(Br)cc(Br)cc2Br)cc1. The predicted octanol–water partition coefficient (Wildman–Crippen LogP) is 5.73. The molecule has 2 rings (SSSR count). The van der Waals surface area contributed by atoms with Crippen molar-refractivity contribution in [2.24, 2.45) is 0 Å². The second kappa shape index (κ2) is 7.59. The second-order valence-electron chi connectivity index (χ2n) is 4.35. The first-order valence-electron chi connectivity index (χ1n) is 6.05. The zero-order valence-electron chi connectivity index (χ0n) is 10.9. The molecule has 2 nitrogen and oxygen atoms in total. The molecule has 0 fully saturated rings. The van der Waals surface area contributed by atoms with Gasteiger partial charge < -0.3 is 10.1 Å². The van der Waals surface area contributed by atoms with Crippen LogP contribution in [0.25, 0.3) is 0 Å². The van der Waals surface area contributed by atoms with Crippen molar-refractivity contribution in [1.29, 1.82) is 0 Å². The van der Waals surface area contributed by atoms with E-state index in [0.29, 0.717) is 6.61 Å². The third kappa shape index (κ3) is 4.32. The lowest BCUT2D eigenvalue weighted by Gasteiger charge is -2.12. The number of hydrogen-bond acceptors (Lipinski definition) is 2. The first-order valence-corrected chi connectivity index (χ1v) is 8.43. The highest BCUT2D eigenvalue weighted by Gasteiger charge is 2.06. The van der Waals surface area contributed by atoms with Crippen molar-refractivity contribution in [3.63, 3.8) is 0 Å². The van der Waals surface area contributed by atoms with E-state index in [1.54, 1.807) is 7.11 Å². The minimum Gasteiger partial charge on any atom is -0.380 e. The van der Waals surface area contributed by atoms with Gasteiger partial charge in [0.15, 0.2) is 0 Å². The summed E-state index contributed by atoms with van der Waals surface area (Å²) in [5, 5.41) is 3.43. The molecule has 0 unspecified atom stereocenters. The quantitative estimate of drug-likeness (QED) is 0.611. The summed E-state index contributed by atoms with van der Waals surface area (Å²) >= 11 is 10.6. The van der Waals surface area contributed by atoms with Gasteiger partial charge in [0.25, 0.3) is 0 Å². The molecule has 0 amide bonds. The van der Waals surface area contributed by atoms with Gasteiger partial charge in [0.05, 0.1) is 12.3 Å². The zero-order valence-corrected chi connectivity index (χ0v) is 15.7. The number of methoxy groups -OCH3 is 1. The van der Waals surface area contributed by atoms with Crippen molar-refractivity contribution >= 4 is 53.5 Å². The van der Waals surface area contributed by atoms with E-state index < -0.39 is 0 Å². The summed E-state index contributed by atoms with van der Waals surface area (Å²) in [6.45, 7) is 1.42. The van der Waals surface area contributed by atoms with Gasteiger partial charge in [-0.25, -0.2) is 0 Å². The van der Waals surface area contributed by atoms with Gasteiger partial charge in [-0.1, -0.05) is 40.2 Å². The number of hydrogen-bond donors (Lipinski definition) is 1. The second-order valence-corrected chi connectivity index (χ2v) is 6.97. The van der Waals surface area contributed by atoms with Crippen LogP contribution in [-0.4, -0.2) is 7.11 Å². The number of halogens is 3. The maximum absolute atomic E-state index is 5.11. The lowest BCUT2D eigenvalue weighted by molar-refractivity contribution is 0.185. The van der Waals surface area contributed by atoms with Gasteiger partial charge in [0.2, 0.25) is 0 Å². The molecule has 5 heteroatoms. The Kier molecular flexibility index (Phi) is 6.08. The molecule has 0 heterocycles. The normalized spacial score (nSPS) is 10.6. The Morgan fingerprint density at radius 2 is 1.50 bits per heavy atom. The highest BCUT2D eigenvalue weighted by molar-refractivity contribution is 9.11. The fourth-order valence-electron chi connectivity index (χ4n) is 1.82. The van der Waals surface area contributed by atoms with E-state index in [1.165, 1.54) is 11.1 Å². The maximum Gasteiger partial charge on any atom is 0.0713 e. The smallest absolute Gasteiger partial charge is 0.0713 e. The van der Waals surface area contributed by atoms with Crippen molar-refractivity contribution in [3.05, 3.63) is 60.9 Å². The van der Waals surface area contributed by atoms with Gasteiger partial charge in [-0.2, -0.15) is 0 Å². The monoisotopic (exact) mass is 461 g/mol. The Morgan fingerprint density at radius 1 is 0.950 bits per heavy atom. The predicted molar refractivity (Wildman–Crippen MR) is 94.0 cm³/mol. The zero-order chi connectivity index (χ0) is 14.5. The third-order valence-corrected chi connectivity index (χ3v) is 4.52. The first-order chi connectivity index (χ1) is 9.60. The minimum atomic E-state index is 0.650. The van der Waals surface area contributed by atoms with Gasteiger partial charge in [-0.3, -0.25) is 0 Å². The van der Waals surface area contributed by atoms with Crippen molar-refractivity contribution in [2.45, 2.75) is 13.2 Å². The minimum absolute atomic E-state index is 0.650. The number of nitrogens with one attached hydrogen (secondary N) is 1. The van der Waals surface area contributed by atoms with Crippen molar-refractivity contribution in [2.75, 3.05) is 12.4 Å².